The van der Waals surface area contributed by atoms with Gasteiger partial charge >= 0.3 is 0 Å². The third-order valence-electron chi connectivity index (χ3n) is 2.82. The predicted molar refractivity (Wildman–Crippen MR) is 53.1 cm³/mol. The second kappa shape index (κ2) is 3.18. The largest absolute Gasteiger partial charge is 0.421 e. The number of rotatable bonds is 2. The van der Waals surface area contributed by atoms with Gasteiger partial charge in [-0.25, -0.2) is 0 Å². The second-order valence-electron chi connectivity index (χ2n) is 3.92. The van der Waals surface area contributed by atoms with Crippen LogP contribution in [0.5, 0.6) is 0 Å². The molecule has 0 amide bonds. The Balaban J connectivity index is 1.89. The lowest BCUT2D eigenvalue weighted by Gasteiger charge is -2.25. The Hall–Kier alpha value is -1.65. The van der Waals surface area contributed by atoms with E-state index >= 15 is 0 Å². The van der Waals surface area contributed by atoms with Crippen LogP contribution in [-0.2, 0) is 0 Å². The van der Waals surface area contributed by atoms with E-state index in [0.29, 0.717) is 17.8 Å². The fourth-order valence-corrected chi connectivity index (χ4v) is 1.71. The average molecular weight is 204 g/mol. The summed E-state index contributed by atoms with van der Waals surface area (Å²) in [5.74, 6) is 1.14. The lowest BCUT2D eigenvalue weighted by molar-refractivity contribution is 0.289. The van der Waals surface area contributed by atoms with Gasteiger partial charge in [0.05, 0.1) is 17.8 Å². The van der Waals surface area contributed by atoms with Crippen molar-refractivity contribution in [2.75, 3.05) is 0 Å². The summed E-state index contributed by atoms with van der Waals surface area (Å²) < 4.78 is 7.34. The van der Waals surface area contributed by atoms with Gasteiger partial charge < -0.3 is 4.42 Å². The van der Waals surface area contributed by atoms with E-state index in [9.17, 15) is 0 Å². The summed E-state index contributed by atoms with van der Waals surface area (Å²) in [6, 6.07) is 0.572. The van der Waals surface area contributed by atoms with Crippen LogP contribution in [0.15, 0.2) is 16.8 Å². The van der Waals surface area contributed by atoms with E-state index in [0.717, 1.165) is 5.56 Å². The number of aromatic nitrogens is 4. The van der Waals surface area contributed by atoms with Crippen LogP contribution in [0.1, 0.15) is 31.2 Å². The number of nitrogens with zero attached hydrogens (tertiary/aromatic N) is 4. The van der Waals surface area contributed by atoms with Gasteiger partial charge in [0.2, 0.25) is 5.89 Å². The van der Waals surface area contributed by atoms with Crippen molar-refractivity contribution in [1.82, 2.24) is 20.0 Å². The molecule has 15 heavy (non-hydrogen) atoms. The quantitative estimate of drug-likeness (QED) is 0.750. The van der Waals surface area contributed by atoms with Gasteiger partial charge in [-0.3, -0.25) is 4.68 Å². The maximum absolute atomic E-state index is 5.34. The summed E-state index contributed by atoms with van der Waals surface area (Å²) in [6.45, 7) is 1.78. The third-order valence-corrected chi connectivity index (χ3v) is 2.82. The van der Waals surface area contributed by atoms with Gasteiger partial charge in [0.1, 0.15) is 0 Å². The van der Waals surface area contributed by atoms with E-state index in [1.165, 1.54) is 19.3 Å². The fraction of sp³-hybridized carbons (Fsp3) is 0.500. The summed E-state index contributed by atoms with van der Waals surface area (Å²) in [4.78, 5) is 0. The molecule has 2 heterocycles. The fourth-order valence-electron chi connectivity index (χ4n) is 1.71. The minimum Gasteiger partial charge on any atom is -0.421 e. The average Bonchev–Trinajstić information content (AvgIpc) is 2.70. The monoisotopic (exact) mass is 204 g/mol. The maximum atomic E-state index is 5.34. The van der Waals surface area contributed by atoms with Crippen LogP contribution >= 0.6 is 0 Å². The van der Waals surface area contributed by atoms with Crippen molar-refractivity contribution < 1.29 is 4.42 Å². The van der Waals surface area contributed by atoms with E-state index in [1.807, 2.05) is 10.9 Å². The minimum absolute atomic E-state index is 0.554. The lowest BCUT2D eigenvalue weighted by atomic mass is 9.93. The Bertz CT molecular complexity index is 469. The lowest BCUT2D eigenvalue weighted by Crippen LogP contribution is -2.16. The Kier molecular flexibility index (Phi) is 1.83. The van der Waals surface area contributed by atoms with Crippen molar-refractivity contribution in [3.8, 4) is 11.5 Å². The SMILES string of the molecule is Cc1nnc(-c2cnn(C3CCC3)c2)o1. The van der Waals surface area contributed by atoms with Crippen molar-refractivity contribution >= 4 is 0 Å². The predicted octanol–water partition coefficient (Wildman–Crippen LogP) is 1.97. The van der Waals surface area contributed by atoms with Crippen molar-refractivity contribution in [2.45, 2.75) is 32.2 Å². The highest BCUT2D eigenvalue weighted by Gasteiger charge is 2.20. The second-order valence-corrected chi connectivity index (χ2v) is 3.92. The van der Waals surface area contributed by atoms with Crippen molar-refractivity contribution in [3.63, 3.8) is 0 Å². The highest BCUT2D eigenvalue weighted by Crippen LogP contribution is 2.31. The van der Waals surface area contributed by atoms with Crippen LogP contribution in [-0.4, -0.2) is 20.0 Å². The van der Waals surface area contributed by atoms with Gasteiger partial charge in [0, 0.05) is 13.1 Å². The zero-order valence-electron chi connectivity index (χ0n) is 8.55. The molecule has 0 unspecified atom stereocenters. The molecule has 1 aliphatic carbocycles. The highest BCUT2D eigenvalue weighted by atomic mass is 16.4. The topological polar surface area (TPSA) is 56.7 Å². The number of hydrogen-bond acceptors (Lipinski definition) is 4. The van der Waals surface area contributed by atoms with Gasteiger partial charge in [-0.1, -0.05) is 0 Å². The zero-order valence-corrected chi connectivity index (χ0v) is 8.55. The summed E-state index contributed by atoms with van der Waals surface area (Å²) in [6.07, 6.45) is 7.52. The van der Waals surface area contributed by atoms with E-state index in [-0.39, 0.29) is 0 Å². The van der Waals surface area contributed by atoms with E-state index in [4.69, 9.17) is 4.42 Å². The summed E-state index contributed by atoms with van der Waals surface area (Å²) in [5.41, 5.74) is 0.905. The summed E-state index contributed by atoms with van der Waals surface area (Å²) in [5, 5.41) is 12.1. The van der Waals surface area contributed by atoms with Gasteiger partial charge in [-0.15, -0.1) is 10.2 Å². The van der Waals surface area contributed by atoms with Crippen molar-refractivity contribution in [3.05, 3.63) is 18.3 Å². The van der Waals surface area contributed by atoms with Gasteiger partial charge in [-0.2, -0.15) is 5.10 Å². The molecule has 0 aromatic carbocycles. The first kappa shape index (κ1) is 8.64. The third kappa shape index (κ3) is 1.44. The molecule has 78 valence electrons. The Morgan fingerprint density at radius 3 is 2.87 bits per heavy atom. The molecular formula is C10H12N4O. The van der Waals surface area contributed by atoms with Crippen molar-refractivity contribution in [2.24, 2.45) is 0 Å². The first-order chi connectivity index (χ1) is 7.33. The van der Waals surface area contributed by atoms with Crippen LogP contribution in [0, 0.1) is 6.92 Å². The van der Waals surface area contributed by atoms with Crippen LogP contribution in [0.2, 0.25) is 0 Å². The molecule has 1 aliphatic rings. The van der Waals surface area contributed by atoms with Crippen LogP contribution < -0.4 is 0 Å². The van der Waals surface area contributed by atoms with Gasteiger partial charge in [0.25, 0.3) is 5.89 Å². The summed E-state index contributed by atoms with van der Waals surface area (Å²) >= 11 is 0. The molecule has 5 heteroatoms. The molecule has 0 spiro atoms. The molecule has 1 saturated carbocycles. The standard InChI is InChI=1S/C10H12N4O/c1-7-12-13-10(15-7)8-5-11-14(6-8)9-3-2-4-9/h5-6,9H,2-4H2,1H3. The van der Waals surface area contributed by atoms with Crippen molar-refractivity contribution in [1.29, 1.82) is 0 Å². The molecule has 2 aromatic heterocycles. The molecule has 0 bridgehead atoms. The van der Waals surface area contributed by atoms with E-state index in [2.05, 4.69) is 15.3 Å². The van der Waals surface area contributed by atoms with Gasteiger partial charge in [-0.05, 0) is 19.3 Å². The molecule has 5 nitrogen and oxygen atoms in total. The Morgan fingerprint density at radius 1 is 1.40 bits per heavy atom. The Morgan fingerprint density at radius 2 is 2.27 bits per heavy atom. The van der Waals surface area contributed by atoms with Crippen LogP contribution in [0.4, 0.5) is 0 Å². The molecular weight excluding hydrogens is 192 g/mol. The normalized spacial score (nSPS) is 16.6. The molecule has 1 fully saturated rings. The maximum Gasteiger partial charge on any atom is 0.250 e. The van der Waals surface area contributed by atoms with Gasteiger partial charge in [0.15, 0.2) is 0 Å². The highest BCUT2D eigenvalue weighted by molar-refractivity contribution is 5.49. The van der Waals surface area contributed by atoms with Crippen LogP contribution in [0.3, 0.4) is 0 Å². The zero-order chi connectivity index (χ0) is 10.3. The molecule has 0 aliphatic heterocycles. The first-order valence-corrected chi connectivity index (χ1v) is 5.17. The molecule has 2 aromatic rings. The molecule has 0 saturated heterocycles. The van der Waals surface area contributed by atoms with E-state index < -0.39 is 0 Å². The van der Waals surface area contributed by atoms with Crippen LogP contribution in [0.25, 0.3) is 11.5 Å². The smallest absolute Gasteiger partial charge is 0.250 e. The number of hydrogen-bond donors (Lipinski definition) is 0. The molecule has 0 N–H and O–H groups in total. The Labute approximate surface area is 87.1 Å². The molecule has 3 rings (SSSR count). The molecule has 0 radical (unpaired) electrons. The number of aryl methyl sites for hydroxylation is 1. The first-order valence-electron chi connectivity index (χ1n) is 5.17. The summed E-state index contributed by atoms with van der Waals surface area (Å²) in [7, 11) is 0. The molecule has 0 atom stereocenters. The minimum atomic E-state index is 0.554. The van der Waals surface area contributed by atoms with E-state index in [1.54, 1.807) is 13.1 Å².